The van der Waals surface area contributed by atoms with E-state index in [9.17, 15) is 13.2 Å². The molecule has 7 heteroatoms. The maximum Gasteiger partial charge on any atom is 0.451 e. The van der Waals surface area contributed by atoms with Gasteiger partial charge in [0, 0.05) is 6.07 Å². The molecule has 1 aromatic heterocycles. The SMILES string of the molecule is C#CCOc1cc(Cl)nc(C(F)(F)F)n1. The van der Waals surface area contributed by atoms with Crippen molar-refractivity contribution >= 4 is 11.6 Å². The molecule has 1 aromatic rings. The molecule has 0 aliphatic rings. The Balaban J connectivity index is 3.01. The van der Waals surface area contributed by atoms with E-state index in [0.29, 0.717) is 0 Å². The summed E-state index contributed by atoms with van der Waals surface area (Å²) in [6, 6.07) is 1.05. The first-order valence-electron chi connectivity index (χ1n) is 3.61. The molecular weight excluding hydrogens is 233 g/mol. The third-order valence-electron chi connectivity index (χ3n) is 1.23. The minimum Gasteiger partial charge on any atom is -0.464 e. The number of terminal acetylenes is 1. The number of rotatable bonds is 2. The largest absolute Gasteiger partial charge is 0.464 e. The summed E-state index contributed by atoms with van der Waals surface area (Å²) in [5.41, 5.74) is 0. The van der Waals surface area contributed by atoms with Crippen molar-refractivity contribution in [3.05, 3.63) is 17.0 Å². The van der Waals surface area contributed by atoms with Gasteiger partial charge < -0.3 is 4.74 Å². The Kier molecular flexibility index (Phi) is 3.37. The first-order valence-corrected chi connectivity index (χ1v) is 3.99. The fourth-order valence-corrected chi connectivity index (χ4v) is 0.887. The van der Waals surface area contributed by atoms with Crippen LogP contribution >= 0.6 is 11.6 Å². The third-order valence-corrected chi connectivity index (χ3v) is 1.42. The van der Waals surface area contributed by atoms with E-state index in [4.69, 9.17) is 22.8 Å². The Morgan fingerprint density at radius 3 is 2.67 bits per heavy atom. The van der Waals surface area contributed by atoms with Crippen LogP contribution in [0.2, 0.25) is 5.15 Å². The number of ether oxygens (including phenoxy) is 1. The molecule has 0 radical (unpaired) electrons. The van der Waals surface area contributed by atoms with E-state index in [1.54, 1.807) is 0 Å². The van der Waals surface area contributed by atoms with Gasteiger partial charge in [-0.3, -0.25) is 0 Å². The fraction of sp³-hybridized carbons (Fsp3) is 0.250. The van der Waals surface area contributed by atoms with Crippen molar-refractivity contribution in [2.75, 3.05) is 6.61 Å². The van der Waals surface area contributed by atoms with Gasteiger partial charge in [0.1, 0.15) is 5.15 Å². The van der Waals surface area contributed by atoms with Crippen molar-refractivity contribution in [1.82, 2.24) is 9.97 Å². The number of hydrogen-bond acceptors (Lipinski definition) is 3. The minimum atomic E-state index is -4.67. The van der Waals surface area contributed by atoms with Gasteiger partial charge in [-0.15, -0.1) is 6.42 Å². The molecule has 0 atom stereocenters. The number of nitrogens with zero attached hydrogens (tertiary/aromatic N) is 2. The maximum atomic E-state index is 12.2. The Hall–Kier alpha value is -1.48. The molecule has 0 fully saturated rings. The molecule has 3 nitrogen and oxygen atoms in total. The van der Waals surface area contributed by atoms with Gasteiger partial charge in [-0.25, -0.2) is 4.98 Å². The van der Waals surface area contributed by atoms with Crippen molar-refractivity contribution in [1.29, 1.82) is 0 Å². The Morgan fingerprint density at radius 1 is 1.47 bits per heavy atom. The fourth-order valence-electron chi connectivity index (χ4n) is 0.713. The van der Waals surface area contributed by atoms with Crippen molar-refractivity contribution in [3.8, 4) is 18.2 Å². The summed E-state index contributed by atoms with van der Waals surface area (Å²) in [6.45, 7) is -0.190. The highest BCUT2D eigenvalue weighted by atomic mass is 35.5. The van der Waals surface area contributed by atoms with Gasteiger partial charge in [-0.2, -0.15) is 18.2 Å². The lowest BCUT2D eigenvalue weighted by Gasteiger charge is -2.07. The summed E-state index contributed by atoms with van der Waals surface area (Å²) in [5.74, 6) is 0.422. The van der Waals surface area contributed by atoms with Crippen molar-refractivity contribution in [2.24, 2.45) is 0 Å². The zero-order valence-electron chi connectivity index (χ0n) is 7.18. The molecule has 1 heterocycles. The summed E-state index contributed by atoms with van der Waals surface area (Å²) in [4.78, 5) is 6.11. The lowest BCUT2D eigenvalue weighted by atomic mass is 10.5. The molecular formula is C8H4ClF3N2O. The average molecular weight is 237 g/mol. The van der Waals surface area contributed by atoms with E-state index in [-0.39, 0.29) is 17.6 Å². The van der Waals surface area contributed by atoms with Crippen molar-refractivity contribution < 1.29 is 17.9 Å². The molecule has 0 saturated carbocycles. The molecule has 1 rings (SSSR count). The van der Waals surface area contributed by atoms with Crippen LogP contribution in [0.25, 0.3) is 0 Å². The van der Waals surface area contributed by atoms with E-state index in [0.717, 1.165) is 6.07 Å². The van der Waals surface area contributed by atoms with Crippen LogP contribution in [0.5, 0.6) is 5.88 Å². The van der Waals surface area contributed by atoms with Gasteiger partial charge in [0.2, 0.25) is 11.7 Å². The second-order valence-corrected chi connectivity index (χ2v) is 2.73. The van der Waals surface area contributed by atoms with Crippen LogP contribution in [-0.2, 0) is 6.18 Å². The van der Waals surface area contributed by atoms with Crippen molar-refractivity contribution in [3.63, 3.8) is 0 Å². The van der Waals surface area contributed by atoms with Gasteiger partial charge in [-0.05, 0) is 0 Å². The molecule has 0 saturated heterocycles. The number of alkyl halides is 3. The first-order chi connectivity index (χ1) is 6.93. The molecule has 0 N–H and O–H groups in total. The highest BCUT2D eigenvalue weighted by Gasteiger charge is 2.35. The third kappa shape index (κ3) is 3.29. The summed E-state index contributed by atoms with van der Waals surface area (Å²) in [5, 5.41) is -0.357. The predicted molar refractivity (Wildman–Crippen MR) is 46.4 cm³/mol. The van der Waals surface area contributed by atoms with Crippen LogP contribution in [0.1, 0.15) is 5.82 Å². The van der Waals surface area contributed by atoms with E-state index in [2.05, 4.69) is 15.9 Å². The van der Waals surface area contributed by atoms with Crippen LogP contribution in [-0.4, -0.2) is 16.6 Å². The second kappa shape index (κ2) is 4.36. The van der Waals surface area contributed by atoms with Crippen LogP contribution in [0.4, 0.5) is 13.2 Å². The zero-order chi connectivity index (χ0) is 11.5. The normalized spacial score (nSPS) is 10.9. The van der Waals surface area contributed by atoms with Gasteiger partial charge in [0.15, 0.2) is 6.61 Å². The number of hydrogen-bond donors (Lipinski definition) is 0. The first kappa shape index (κ1) is 11.6. The molecule has 0 aliphatic carbocycles. The Bertz CT molecular complexity index is 400. The summed E-state index contributed by atoms with van der Waals surface area (Å²) >= 11 is 5.35. The molecule has 80 valence electrons. The smallest absolute Gasteiger partial charge is 0.451 e. The molecule has 0 aromatic carbocycles. The highest BCUT2D eigenvalue weighted by molar-refractivity contribution is 6.29. The minimum absolute atomic E-state index is 0.190. The van der Waals surface area contributed by atoms with Crippen LogP contribution in [0.15, 0.2) is 6.07 Å². The number of halogens is 4. The van der Waals surface area contributed by atoms with E-state index in [1.165, 1.54) is 0 Å². The summed E-state index contributed by atoms with van der Waals surface area (Å²) in [7, 11) is 0. The van der Waals surface area contributed by atoms with Crippen molar-refractivity contribution in [2.45, 2.75) is 6.18 Å². The maximum absolute atomic E-state index is 12.2. The topological polar surface area (TPSA) is 35.0 Å². The Labute approximate surface area is 88.2 Å². The predicted octanol–water partition coefficient (Wildman–Crippen LogP) is 2.16. The quantitative estimate of drug-likeness (QED) is 0.583. The monoisotopic (exact) mass is 236 g/mol. The lowest BCUT2D eigenvalue weighted by molar-refractivity contribution is -0.145. The van der Waals surface area contributed by atoms with Crippen LogP contribution in [0.3, 0.4) is 0 Å². The highest BCUT2D eigenvalue weighted by Crippen LogP contribution is 2.28. The molecule has 15 heavy (non-hydrogen) atoms. The standard InChI is InChI=1S/C8H4ClF3N2O/c1-2-3-15-6-4-5(9)13-7(14-6)8(10,11)12/h1,4H,3H2. The van der Waals surface area contributed by atoms with Gasteiger partial charge in [-0.1, -0.05) is 17.5 Å². The van der Waals surface area contributed by atoms with Gasteiger partial charge in [0.25, 0.3) is 0 Å². The molecule has 0 aliphatic heterocycles. The van der Waals surface area contributed by atoms with E-state index >= 15 is 0 Å². The average Bonchev–Trinajstić information content (AvgIpc) is 2.12. The lowest BCUT2D eigenvalue weighted by Crippen LogP contribution is -2.12. The zero-order valence-corrected chi connectivity index (χ0v) is 7.93. The van der Waals surface area contributed by atoms with E-state index < -0.39 is 12.0 Å². The second-order valence-electron chi connectivity index (χ2n) is 2.34. The molecule has 0 amide bonds. The summed E-state index contributed by atoms with van der Waals surface area (Å²) in [6.07, 6.45) is 0.197. The van der Waals surface area contributed by atoms with E-state index in [1.807, 2.05) is 0 Å². The van der Waals surface area contributed by atoms with Crippen LogP contribution < -0.4 is 4.74 Å². The Morgan fingerprint density at radius 2 is 2.13 bits per heavy atom. The molecule has 0 bridgehead atoms. The van der Waals surface area contributed by atoms with Gasteiger partial charge >= 0.3 is 6.18 Å². The molecule has 0 spiro atoms. The van der Waals surface area contributed by atoms with Crippen LogP contribution in [0, 0.1) is 12.3 Å². The summed E-state index contributed by atoms with van der Waals surface area (Å²) < 4.78 is 41.3. The number of aromatic nitrogens is 2. The van der Waals surface area contributed by atoms with Gasteiger partial charge in [0.05, 0.1) is 0 Å². The molecule has 0 unspecified atom stereocenters.